The predicted octanol–water partition coefficient (Wildman–Crippen LogP) is 0.403. The Labute approximate surface area is 77.4 Å². The van der Waals surface area contributed by atoms with Crippen LogP contribution in [0.15, 0.2) is 0 Å². The van der Waals surface area contributed by atoms with Gasteiger partial charge in [-0.3, -0.25) is 4.79 Å². The molecule has 2 aliphatic rings. The molecule has 1 heterocycles. The van der Waals surface area contributed by atoms with Crippen LogP contribution in [-0.4, -0.2) is 24.9 Å². The third-order valence-corrected chi connectivity index (χ3v) is 3.19. The molecular formula is C9H15NO3. The van der Waals surface area contributed by atoms with Crippen molar-refractivity contribution in [3.05, 3.63) is 0 Å². The van der Waals surface area contributed by atoms with E-state index in [0.29, 0.717) is 0 Å². The van der Waals surface area contributed by atoms with Crippen LogP contribution in [0.25, 0.3) is 0 Å². The average Bonchev–Trinajstić information content (AvgIpc) is 2.76. The quantitative estimate of drug-likeness (QED) is 0.474. The van der Waals surface area contributed by atoms with E-state index in [-0.39, 0.29) is 23.7 Å². The monoisotopic (exact) mass is 185 g/mol. The molecule has 1 saturated carbocycles. The molecular weight excluding hydrogens is 170 g/mol. The largest absolute Gasteiger partial charge is 0.469 e. The molecule has 1 unspecified atom stereocenters. The average molecular weight is 185 g/mol. The maximum Gasteiger partial charge on any atom is 0.308 e. The zero-order valence-electron chi connectivity index (χ0n) is 7.79. The second kappa shape index (κ2) is 2.96. The number of nitrogens with two attached hydrogens (primary N) is 1. The highest BCUT2D eigenvalue weighted by Crippen LogP contribution is 2.47. The van der Waals surface area contributed by atoms with E-state index >= 15 is 0 Å². The number of hydrogen-bond acceptors (Lipinski definition) is 4. The number of esters is 1. The lowest BCUT2D eigenvalue weighted by molar-refractivity contribution is -0.146. The van der Waals surface area contributed by atoms with E-state index in [1.807, 2.05) is 0 Å². The van der Waals surface area contributed by atoms with E-state index in [0.717, 1.165) is 25.7 Å². The van der Waals surface area contributed by atoms with E-state index in [4.69, 9.17) is 15.2 Å². The van der Waals surface area contributed by atoms with Crippen LogP contribution >= 0.6 is 0 Å². The summed E-state index contributed by atoms with van der Waals surface area (Å²) in [6.45, 7) is 0. The first-order chi connectivity index (χ1) is 6.18. The smallest absolute Gasteiger partial charge is 0.308 e. The lowest BCUT2D eigenvalue weighted by Gasteiger charge is -2.24. The van der Waals surface area contributed by atoms with E-state index in [1.165, 1.54) is 7.11 Å². The van der Waals surface area contributed by atoms with E-state index in [1.54, 1.807) is 0 Å². The highest BCUT2D eigenvalue weighted by atomic mass is 16.6. The van der Waals surface area contributed by atoms with Crippen molar-refractivity contribution in [2.45, 2.75) is 37.5 Å². The zero-order chi connectivity index (χ0) is 9.47. The summed E-state index contributed by atoms with van der Waals surface area (Å²) in [6, 6.07) is 0. The summed E-state index contributed by atoms with van der Waals surface area (Å²) >= 11 is 0. The molecule has 0 aromatic carbocycles. The fourth-order valence-corrected chi connectivity index (χ4v) is 2.13. The second-order valence-electron chi connectivity index (χ2n) is 3.90. The molecule has 0 bridgehead atoms. The van der Waals surface area contributed by atoms with Crippen LogP contribution in [0.2, 0.25) is 0 Å². The van der Waals surface area contributed by atoms with Crippen molar-refractivity contribution in [3.8, 4) is 0 Å². The van der Waals surface area contributed by atoms with E-state index < -0.39 is 0 Å². The third-order valence-electron chi connectivity index (χ3n) is 3.19. The maximum absolute atomic E-state index is 11.2. The molecule has 4 heteroatoms. The van der Waals surface area contributed by atoms with Gasteiger partial charge >= 0.3 is 5.97 Å². The van der Waals surface area contributed by atoms with Crippen molar-refractivity contribution in [3.63, 3.8) is 0 Å². The molecule has 1 aliphatic carbocycles. The molecule has 0 radical (unpaired) electrons. The number of carbonyl (C=O) groups excluding carboxylic acids is 1. The fourth-order valence-electron chi connectivity index (χ4n) is 2.13. The third kappa shape index (κ3) is 1.44. The summed E-state index contributed by atoms with van der Waals surface area (Å²) in [5.74, 6) is -0.0314. The van der Waals surface area contributed by atoms with Crippen LogP contribution in [0, 0.1) is 5.92 Å². The highest BCUT2D eigenvalue weighted by molar-refractivity contribution is 5.72. The minimum absolute atomic E-state index is 0.0621. The van der Waals surface area contributed by atoms with Crippen molar-refractivity contribution in [1.29, 1.82) is 0 Å². The minimum Gasteiger partial charge on any atom is -0.469 e. The Bertz CT molecular complexity index is 221. The van der Waals surface area contributed by atoms with Crippen LogP contribution in [-0.2, 0) is 14.3 Å². The Morgan fingerprint density at radius 1 is 1.54 bits per heavy atom. The van der Waals surface area contributed by atoms with Gasteiger partial charge in [0.05, 0.1) is 13.0 Å². The lowest BCUT2D eigenvalue weighted by Crippen LogP contribution is -2.30. The first-order valence-electron chi connectivity index (χ1n) is 4.69. The topological polar surface area (TPSA) is 64.8 Å². The molecule has 4 nitrogen and oxygen atoms in total. The van der Waals surface area contributed by atoms with Gasteiger partial charge in [-0.25, -0.2) is 0 Å². The molecule has 2 N–H and O–H groups in total. The number of rotatable bonds is 1. The molecule has 2 rings (SSSR count). The van der Waals surface area contributed by atoms with Gasteiger partial charge in [0, 0.05) is 0 Å². The Kier molecular flexibility index (Phi) is 2.04. The Morgan fingerprint density at radius 3 is 2.46 bits per heavy atom. The van der Waals surface area contributed by atoms with Crippen LogP contribution in [0.5, 0.6) is 0 Å². The number of ether oxygens (including phenoxy) is 2. The summed E-state index contributed by atoms with van der Waals surface area (Å²) in [7, 11) is 1.44. The Hall–Kier alpha value is -0.610. The van der Waals surface area contributed by atoms with Crippen molar-refractivity contribution < 1.29 is 14.3 Å². The number of methoxy groups -OCH3 is 1. The van der Waals surface area contributed by atoms with Gasteiger partial charge in [-0.1, -0.05) is 0 Å². The van der Waals surface area contributed by atoms with E-state index in [9.17, 15) is 4.79 Å². The molecule has 1 aliphatic heterocycles. The molecule has 0 amide bonds. The SMILES string of the molecule is COC(=O)C1CCC2(CC1)OC2N. The molecule has 1 atom stereocenters. The molecule has 0 aromatic heterocycles. The molecule has 74 valence electrons. The summed E-state index contributed by atoms with van der Waals surface area (Å²) in [5, 5.41) is 0. The van der Waals surface area contributed by atoms with Crippen molar-refractivity contribution >= 4 is 5.97 Å². The fraction of sp³-hybridized carbons (Fsp3) is 0.889. The maximum atomic E-state index is 11.2. The first kappa shape index (κ1) is 8.97. The van der Waals surface area contributed by atoms with E-state index in [2.05, 4.69) is 0 Å². The van der Waals surface area contributed by atoms with Gasteiger partial charge < -0.3 is 15.2 Å². The number of carbonyl (C=O) groups is 1. The summed E-state index contributed by atoms with van der Waals surface area (Å²) in [6.07, 6.45) is 3.40. The van der Waals surface area contributed by atoms with Gasteiger partial charge in [-0.05, 0) is 25.7 Å². The van der Waals surface area contributed by atoms with Crippen molar-refractivity contribution in [2.75, 3.05) is 7.11 Å². The van der Waals surface area contributed by atoms with Crippen LogP contribution in [0.3, 0.4) is 0 Å². The van der Waals surface area contributed by atoms with Gasteiger partial charge in [0.15, 0.2) is 0 Å². The normalized spacial score (nSPS) is 43.2. The molecule has 1 saturated heterocycles. The van der Waals surface area contributed by atoms with Crippen LogP contribution in [0.4, 0.5) is 0 Å². The Morgan fingerprint density at radius 2 is 2.08 bits per heavy atom. The van der Waals surface area contributed by atoms with Crippen molar-refractivity contribution in [2.24, 2.45) is 11.7 Å². The van der Waals surface area contributed by atoms with Crippen LogP contribution in [0.1, 0.15) is 25.7 Å². The molecule has 13 heavy (non-hydrogen) atoms. The lowest BCUT2D eigenvalue weighted by atomic mass is 9.81. The summed E-state index contributed by atoms with van der Waals surface area (Å²) in [5.41, 5.74) is 5.57. The predicted molar refractivity (Wildman–Crippen MR) is 45.8 cm³/mol. The summed E-state index contributed by atoms with van der Waals surface area (Å²) in [4.78, 5) is 11.2. The van der Waals surface area contributed by atoms with Gasteiger partial charge in [0.2, 0.25) is 0 Å². The van der Waals surface area contributed by atoms with Gasteiger partial charge in [-0.15, -0.1) is 0 Å². The molecule has 1 spiro atoms. The standard InChI is InChI=1S/C9H15NO3/c1-12-7(11)6-2-4-9(5-3-6)8(10)13-9/h6,8H,2-5,10H2,1H3. The second-order valence-corrected chi connectivity index (χ2v) is 3.90. The molecule has 0 aromatic rings. The first-order valence-corrected chi connectivity index (χ1v) is 4.69. The van der Waals surface area contributed by atoms with Gasteiger partial charge in [-0.2, -0.15) is 0 Å². The number of hydrogen-bond donors (Lipinski definition) is 1. The minimum atomic E-state index is -0.0935. The number of epoxide rings is 1. The van der Waals surface area contributed by atoms with Gasteiger partial charge in [0.25, 0.3) is 0 Å². The zero-order valence-corrected chi connectivity index (χ0v) is 7.79. The molecule has 2 fully saturated rings. The van der Waals surface area contributed by atoms with Gasteiger partial charge in [0.1, 0.15) is 11.8 Å². The Balaban J connectivity index is 1.86. The van der Waals surface area contributed by atoms with Crippen molar-refractivity contribution in [1.82, 2.24) is 0 Å². The highest BCUT2D eigenvalue weighted by Gasteiger charge is 2.56. The van der Waals surface area contributed by atoms with Crippen LogP contribution < -0.4 is 5.73 Å². The summed E-state index contributed by atoms with van der Waals surface area (Å²) < 4.78 is 10.0.